The molecule has 5 atom stereocenters. The van der Waals surface area contributed by atoms with Crippen molar-refractivity contribution in [3.05, 3.63) is 12.2 Å². The van der Waals surface area contributed by atoms with Crippen LogP contribution in [0.3, 0.4) is 0 Å². The topological polar surface area (TPSA) is 82.1 Å². The van der Waals surface area contributed by atoms with Gasteiger partial charge in [0.2, 0.25) is 0 Å². The first-order chi connectivity index (χ1) is 18.8. The van der Waals surface area contributed by atoms with E-state index in [1.165, 1.54) is 0 Å². The molecule has 0 spiro atoms. The smallest absolute Gasteiger partial charge is 0.303 e. The highest BCUT2D eigenvalue weighted by molar-refractivity contribution is 6.74. The van der Waals surface area contributed by atoms with Crippen LogP contribution in [-0.2, 0) is 23.2 Å². The summed E-state index contributed by atoms with van der Waals surface area (Å²) >= 11 is 0. The van der Waals surface area contributed by atoms with Crippen LogP contribution in [0, 0.1) is 11.8 Å². The largest absolute Gasteiger partial charge is 0.481 e. The molecule has 0 aromatic rings. The number of rotatable bonds is 18. The molecule has 1 fully saturated rings. The van der Waals surface area contributed by atoms with Crippen LogP contribution in [0.1, 0.15) is 113 Å². The summed E-state index contributed by atoms with van der Waals surface area (Å²) in [5.74, 6) is -0.518. The van der Waals surface area contributed by atoms with Gasteiger partial charge in [0.1, 0.15) is 5.78 Å². The highest BCUT2D eigenvalue weighted by atomic mass is 28.4. The molecule has 1 aliphatic carbocycles. The van der Waals surface area contributed by atoms with E-state index in [4.69, 9.17) is 18.7 Å². The number of unbranched alkanes of at least 4 members (excludes halogenated alkanes) is 4. The quantitative estimate of drug-likeness (QED) is 0.0944. The first kappa shape index (κ1) is 38.2. The zero-order valence-electron chi connectivity index (χ0n) is 28.6. The number of hydrogen-bond acceptors (Lipinski definition) is 5. The first-order valence-electron chi connectivity index (χ1n) is 16.1. The van der Waals surface area contributed by atoms with Crippen molar-refractivity contribution >= 4 is 28.4 Å². The van der Waals surface area contributed by atoms with Gasteiger partial charge < -0.3 is 18.7 Å². The van der Waals surface area contributed by atoms with Gasteiger partial charge in [-0.15, -0.1) is 0 Å². The van der Waals surface area contributed by atoms with Crippen molar-refractivity contribution in [1.29, 1.82) is 0 Å². The Morgan fingerprint density at radius 1 is 0.976 bits per heavy atom. The molecule has 0 bridgehead atoms. The third-order valence-corrected chi connectivity index (χ3v) is 18.9. The summed E-state index contributed by atoms with van der Waals surface area (Å²) in [5, 5.41) is 9.06. The van der Waals surface area contributed by atoms with Crippen molar-refractivity contribution < 1.29 is 28.3 Å². The number of ether oxygens (including phenoxy) is 1. The minimum Gasteiger partial charge on any atom is -0.481 e. The van der Waals surface area contributed by atoms with Crippen LogP contribution in [0.25, 0.3) is 0 Å². The minimum absolute atomic E-state index is 0.00448. The maximum Gasteiger partial charge on any atom is 0.303 e. The second-order valence-corrected chi connectivity index (χ2v) is 24.8. The monoisotopic (exact) mass is 612 g/mol. The lowest BCUT2D eigenvalue weighted by atomic mass is 9.88. The third kappa shape index (κ3) is 12.0. The molecule has 0 aliphatic heterocycles. The van der Waals surface area contributed by atoms with Gasteiger partial charge in [0, 0.05) is 31.8 Å². The zero-order chi connectivity index (χ0) is 31.6. The zero-order valence-corrected chi connectivity index (χ0v) is 30.6. The molecular formula is C33H64O6Si2. The molecule has 240 valence electrons. The van der Waals surface area contributed by atoms with E-state index in [1.807, 2.05) is 0 Å². The maximum absolute atomic E-state index is 13.5. The average Bonchev–Trinajstić information content (AvgIpc) is 3.11. The second kappa shape index (κ2) is 16.3. The predicted octanol–water partition coefficient (Wildman–Crippen LogP) is 9.16. The van der Waals surface area contributed by atoms with Gasteiger partial charge in [-0.2, -0.15) is 0 Å². The van der Waals surface area contributed by atoms with Gasteiger partial charge in [-0.05, 0) is 55.5 Å². The molecule has 1 N–H and O–H groups in total. The first-order valence-corrected chi connectivity index (χ1v) is 21.9. The fraction of sp³-hybridized carbons (Fsp3) is 0.879. The number of hydrogen-bond donors (Lipinski definition) is 1. The molecule has 0 heterocycles. The van der Waals surface area contributed by atoms with E-state index >= 15 is 0 Å². The van der Waals surface area contributed by atoms with Gasteiger partial charge in [0.15, 0.2) is 16.6 Å². The molecule has 8 heteroatoms. The van der Waals surface area contributed by atoms with Crippen molar-refractivity contribution in [1.82, 2.24) is 0 Å². The summed E-state index contributed by atoms with van der Waals surface area (Å²) in [5.41, 5.74) is 0. The van der Waals surface area contributed by atoms with Gasteiger partial charge in [-0.3, -0.25) is 9.59 Å². The lowest BCUT2D eigenvalue weighted by molar-refractivity contribution is -0.137. The van der Waals surface area contributed by atoms with Crippen LogP contribution in [0.5, 0.6) is 0 Å². The second-order valence-electron chi connectivity index (χ2n) is 15.3. The Labute approximate surface area is 254 Å². The van der Waals surface area contributed by atoms with Crippen molar-refractivity contribution in [3.63, 3.8) is 0 Å². The van der Waals surface area contributed by atoms with Crippen LogP contribution in [-0.4, -0.2) is 58.9 Å². The van der Waals surface area contributed by atoms with E-state index < -0.39 is 22.6 Å². The lowest BCUT2D eigenvalue weighted by Gasteiger charge is -2.41. The van der Waals surface area contributed by atoms with Crippen LogP contribution in [0.2, 0.25) is 36.3 Å². The Morgan fingerprint density at radius 2 is 1.56 bits per heavy atom. The Morgan fingerprint density at radius 3 is 2.07 bits per heavy atom. The molecular weight excluding hydrogens is 549 g/mol. The summed E-state index contributed by atoms with van der Waals surface area (Å²) in [6.45, 7) is 24.8. The molecule has 0 aromatic carbocycles. The summed E-state index contributed by atoms with van der Waals surface area (Å²) in [6, 6.07) is 0. The maximum atomic E-state index is 13.5. The molecule has 0 saturated heterocycles. The highest BCUT2D eigenvalue weighted by Crippen LogP contribution is 2.44. The van der Waals surface area contributed by atoms with Crippen molar-refractivity contribution in [3.8, 4) is 0 Å². The molecule has 1 rings (SSSR count). The van der Waals surface area contributed by atoms with Gasteiger partial charge in [-0.25, -0.2) is 0 Å². The number of methoxy groups -OCH3 is 1. The molecule has 6 nitrogen and oxygen atoms in total. The summed E-state index contributed by atoms with van der Waals surface area (Å²) < 4.78 is 19.9. The van der Waals surface area contributed by atoms with Crippen LogP contribution >= 0.6 is 0 Å². The summed E-state index contributed by atoms with van der Waals surface area (Å²) in [7, 11) is -2.38. The number of carboxylic acid groups (broad SMARTS) is 1. The number of carboxylic acids is 1. The van der Waals surface area contributed by atoms with E-state index in [2.05, 4.69) is 86.8 Å². The van der Waals surface area contributed by atoms with Crippen LogP contribution in [0.4, 0.5) is 0 Å². The number of Topliss-reactive ketones (excluding diaryl/α,β-unsaturated/α-hetero) is 1. The Bertz CT molecular complexity index is 840. The van der Waals surface area contributed by atoms with Gasteiger partial charge >= 0.3 is 5.97 Å². The van der Waals surface area contributed by atoms with E-state index in [9.17, 15) is 9.59 Å². The summed E-state index contributed by atoms with van der Waals surface area (Å²) in [4.78, 5) is 24.3. The van der Waals surface area contributed by atoms with E-state index in [1.54, 1.807) is 7.11 Å². The van der Waals surface area contributed by atoms with E-state index in [-0.39, 0.29) is 46.6 Å². The molecule has 0 aromatic heterocycles. The van der Waals surface area contributed by atoms with Crippen LogP contribution in [0.15, 0.2) is 12.2 Å². The Balaban J connectivity index is 3.32. The Kier molecular flexibility index (Phi) is 15.2. The Hall–Kier alpha value is -0.806. The minimum atomic E-state index is -2.09. The third-order valence-electron chi connectivity index (χ3n) is 9.89. The standard InChI is InChI=1S/C33H64O6Si2/c1-13-14-20-28(37-8)29(38-40(9,10)32(2,3)4)23-22-26-25(19-17-15-16-18-21-31(35)36)27(34)24-30(26)39-41(11,12)33(5,6)7/h22-23,25-26,28-30H,13-21,24H2,1-12H3,(H,35,36)/t25-,26-,28-,29-,30-/m1/s1. The molecule has 41 heavy (non-hydrogen) atoms. The van der Waals surface area contributed by atoms with Gasteiger partial charge in [0.05, 0.1) is 18.3 Å². The number of carbonyl (C=O) groups is 2. The fourth-order valence-electron chi connectivity index (χ4n) is 5.06. The van der Waals surface area contributed by atoms with Gasteiger partial charge in [-0.1, -0.05) is 92.7 Å². The van der Waals surface area contributed by atoms with Crippen LogP contribution < -0.4 is 0 Å². The molecule has 0 unspecified atom stereocenters. The predicted molar refractivity (Wildman–Crippen MR) is 176 cm³/mol. The van der Waals surface area contributed by atoms with Crippen molar-refractivity contribution in [2.24, 2.45) is 11.8 Å². The summed E-state index contributed by atoms with van der Waals surface area (Å²) in [6.07, 6.45) is 12.2. The fourth-order valence-corrected chi connectivity index (χ4v) is 7.67. The molecule has 1 saturated carbocycles. The lowest BCUT2D eigenvalue weighted by Crippen LogP contribution is -2.47. The average molecular weight is 613 g/mol. The van der Waals surface area contributed by atoms with Crippen molar-refractivity contribution in [2.75, 3.05) is 7.11 Å². The van der Waals surface area contributed by atoms with Crippen molar-refractivity contribution in [2.45, 2.75) is 167 Å². The number of aliphatic carboxylic acids is 1. The number of carbonyl (C=O) groups excluding carboxylic acids is 1. The van der Waals surface area contributed by atoms with E-state index in [0.29, 0.717) is 18.6 Å². The molecule has 0 radical (unpaired) electrons. The SMILES string of the molecule is CCCC[C@@H](OC)[C@@H](C=C[C@H]1[C@H](O[Si](C)(C)C(C)(C)C)CC(=O)[C@@H]1CCCCCCC(=O)O)O[Si](C)(C)C(C)(C)C. The molecule has 1 aliphatic rings. The van der Waals surface area contributed by atoms with E-state index in [0.717, 1.165) is 44.9 Å². The highest BCUT2D eigenvalue weighted by Gasteiger charge is 2.47. The molecule has 0 amide bonds. The normalized spacial score (nSPS) is 22.4. The van der Waals surface area contributed by atoms with Gasteiger partial charge in [0.25, 0.3) is 0 Å². The number of ketones is 1.